The Bertz CT molecular complexity index is 541. The summed E-state index contributed by atoms with van der Waals surface area (Å²) in [6.45, 7) is 1.99. The van der Waals surface area contributed by atoms with Gasteiger partial charge in [-0.3, -0.25) is 4.79 Å². The quantitative estimate of drug-likeness (QED) is 0.835. The first-order valence-electron chi connectivity index (χ1n) is 6.70. The molecule has 0 aliphatic carbocycles. The molecule has 0 radical (unpaired) electrons. The summed E-state index contributed by atoms with van der Waals surface area (Å²) in [4.78, 5) is 12.1. The van der Waals surface area contributed by atoms with Gasteiger partial charge in [0.25, 0.3) is 0 Å². The van der Waals surface area contributed by atoms with Crippen LogP contribution in [0.25, 0.3) is 0 Å². The summed E-state index contributed by atoms with van der Waals surface area (Å²) in [7, 11) is 0. The number of hydrogen-bond donors (Lipinski definition) is 1. The summed E-state index contributed by atoms with van der Waals surface area (Å²) in [6, 6.07) is 19.5. The minimum atomic E-state index is -0.644. The third kappa shape index (κ3) is 4.10. The number of nitrogens with one attached hydrogen (secondary N) is 1. The van der Waals surface area contributed by atoms with Gasteiger partial charge in [-0.25, -0.2) is 0 Å². The minimum absolute atomic E-state index is 0.0508. The number of benzene rings is 2. The van der Waals surface area contributed by atoms with Crippen LogP contribution in [0.3, 0.4) is 0 Å². The van der Waals surface area contributed by atoms with E-state index in [1.807, 2.05) is 55.5 Å². The smallest absolute Gasteiger partial charge is 0.242 e. The van der Waals surface area contributed by atoms with Crippen LogP contribution in [0.4, 0.5) is 0 Å². The highest BCUT2D eigenvalue weighted by Crippen LogP contribution is 2.20. The van der Waals surface area contributed by atoms with Gasteiger partial charge in [-0.15, -0.1) is 11.6 Å². The largest absolute Gasteiger partial charge is 0.352 e. The molecule has 1 amide bonds. The summed E-state index contributed by atoms with van der Waals surface area (Å²) >= 11 is 6.19. The molecule has 0 spiro atoms. The molecule has 104 valence electrons. The van der Waals surface area contributed by atoms with Gasteiger partial charge in [0.2, 0.25) is 5.91 Å². The van der Waals surface area contributed by atoms with E-state index >= 15 is 0 Å². The van der Waals surface area contributed by atoms with E-state index in [1.54, 1.807) is 0 Å². The van der Waals surface area contributed by atoms with Crippen molar-refractivity contribution in [2.45, 2.75) is 24.8 Å². The molecule has 20 heavy (non-hydrogen) atoms. The zero-order valence-electron chi connectivity index (χ0n) is 11.4. The van der Waals surface area contributed by atoms with Crippen LogP contribution in [0.15, 0.2) is 60.7 Å². The normalized spacial score (nSPS) is 13.5. The molecule has 0 saturated carbocycles. The monoisotopic (exact) mass is 287 g/mol. The average Bonchev–Trinajstić information content (AvgIpc) is 2.48. The lowest BCUT2D eigenvalue weighted by atomic mass is 10.1. The standard InChI is InChI=1S/C17H18ClNO/c1-13(12-14-8-4-2-5-9-14)19-17(20)16(18)15-10-6-3-7-11-15/h2-11,13,16H,12H2,1H3,(H,19,20). The summed E-state index contributed by atoms with van der Waals surface area (Å²) in [5.41, 5.74) is 2.02. The van der Waals surface area contributed by atoms with Crippen LogP contribution in [0.2, 0.25) is 0 Å². The number of carbonyl (C=O) groups excluding carboxylic acids is 1. The zero-order valence-corrected chi connectivity index (χ0v) is 12.2. The Morgan fingerprint density at radius 3 is 2.20 bits per heavy atom. The Kier molecular flexibility index (Phi) is 5.19. The zero-order chi connectivity index (χ0) is 14.4. The van der Waals surface area contributed by atoms with Crippen molar-refractivity contribution in [3.8, 4) is 0 Å². The summed E-state index contributed by atoms with van der Waals surface area (Å²) in [5.74, 6) is -0.152. The average molecular weight is 288 g/mol. The van der Waals surface area contributed by atoms with Gasteiger partial charge < -0.3 is 5.32 Å². The Hall–Kier alpha value is -1.80. The highest BCUT2D eigenvalue weighted by Gasteiger charge is 2.18. The Morgan fingerprint density at radius 1 is 1.05 bits per heavy atom. The minimum Gasteiger partial charge on any atom is -0.352 e. The van der Waals surface area contributed by atoms with Crippen LogP contribution in [-0.2, 0) is 11.2 Å². The maximum absolute atomic E-state index is 12.1. The lowest BCUT2D eigenvalue weighted by Gasteiger charge is -2.17. The van der Waals surface area contributed by atoms with E-state index in [0.717, 1.165) is 12.0 Å². The lowest BCUT2D eigenvalue weighted by molar-refractivity contribution is -0.121. The molecule has 0 heterocycles. The van der Waals surface area contributed by atoms with Gasteiger partial charge in [0.05, 0.1) is 0 Å². The SMILES string of the molecule is CC(Cc1ccccc1)NC(=O)C(Cl)c1ccccc1. The van der Waals surface area contributed by atoms with Crippen LogP contribution in [-0.4, -0.2) is 11.9 Å². The van der Waals surface area contributed by atoms with Crippen molar-refractivity contribution in [3.05, 3.63) is 71.8 Å². The van der Waals surface area contributed by atoms with Crippen LogP contribution in [0.5, 0.6) is 0 Å². The second kappa shape index (κ2) is 7.11. The van der Waals surface area contributed by atoms with Crippen molar-refractivity contribution < 1.29 is 4.79 Å². The molecule has 2 aromatic rings. The molecule has 0 aliphatic heterocycles. The highest BCUT2D eigenvalue weighted by atomic mass is 35.5. The van der Waals surface area contributed by atoms with E-state index in [0.29, 0.717) is 0 Å². The van der Waals surface area contributed by atoms with E-state index in [9.17, 15) is 4.79 Å². The first-order valence-corrected chi connectivity index (χ1v) is 7.14. The number of hydrogen-bond acceptors (Lipinski definition) is 1. The molecule has 0 fully saturated rings. The van der Waals surface area contributed by atoms with Crippen LogP contribution in [0, 0.1) is 0 Å². The molecule has 1 N–H and O–H groups in total. The van der Waals surface area contributed by atoms with Gasteiger partial charge in [-0.05, 0) is 24.5 Å². The third-order valence-corrected chi connectivity index (χ3v) is 3.55. The van der Waals surface area contributed by atoms with Gasteiger partial charge in [0.1, 0.15) is 5.38 Å². The molecule has 2 rings (SSSR count). The number of alkyl halides is 1. The summed E-state index contributed by atoms with van der Waals surface area (Å²) < 4.78 is 0. The molecule has 2 atom stereocenters. The van der Waals surface area contributed by atoms with Crippen molar-refractivity contribution in [2.24, 2.45) is 0 Å². The van der Waals surface area contributed by atoms with Crippen LogP contribution < -0.4 is 5.32 Å². The molecule has 0 aromatic heterocycles. The van der Waals surface area contributed by atoms with E-state index in [4.69, 9.17) is 11.6 Å². The van der Waals surface area contributed by atoms with Crippen molar-refractivity contribution in [3.63, 3.8) is 0 Å². The fraction of sp³-hybridized carbons (Fsp3) is 0.235. The number of carbonyl (C=O) groups is 1. The Morgan fingerprint density at radius 2 is 1.60 bits per heavy atom. The topological polar surface area (TPSA) is 29.1 Å². The number of rotatable bonds is 5. The first-order chi connectivity index (χ1) is 9.66. The fourth-order valence-corrected chi connectivity index (χ4v) is 2.32. The summed E-state index contributed by atoms with van der Waals surface area (Å²) in [5, 5.41) is 2.31. The van der Waals surface area contributed by atoms with Gasteiger partial charge in [0, 0.05) is 6.04 Å². The van der Waals surface area contributed by atoms with Crippen molar-refractivity contribution in [2.75, 3.05) is 0 Å². The number of amides is 1. The van der Waals surface area contributed by atoms with Gasteiger partial charge in [-0.1, -0.05) is 60.7 Å². The number of halogens is 1. The van der Waals surface area contributed by atoms with Crippen LogP contribution in [0.1, 0.15) is 23.4 Å². The van der Waals surface area contributed by atoms with Gasteiger partial charge in [0.15, 0.2) is 0 Å². The molecule has 3 heteroatoms. The first kappa shape index (κ1) is 14.6. The van der Waals surface area contributed by atoms with E-state index in [2.05, 4.69) is 17.4 Å². The van der Waals surface area contributed by atoms with E-state index in [1.165, 1.54) is 5.56 Å². The predicted octanol–water partition coefficient (Wildman–Crippen LogP) is 3.71. The maximum Gasteiger partial charge on any atom is 0.242 e. The van der Waals surface area contributed by atoms with Crippen molar-refractivity contribution in [1.29, 1.82) is 0 Å². The molecular formula is C17H18ClNO. The third-order valence-electron chi connectivity index (χ3n) is 3.10. The van der Waals surface area contributed by atoms with E-state index in [-0.39, 0.29) is 11.9 Å². The fourth-order valence-electron chi connectivity index (χ4n) is 2.11. The second-order valence-corrected chi connectivity index (χ2v) is 5.31. The molecule has 2 nitrogen and oxygen atoms in total. The summed E-state index contributed by atoms with van der Waals surface area (Å²) in [6.07, 6.45) is 0.797. The Labute approximate surface area is 124 Å². The van der Waals surface area contributed by atoms with Crippen molar-refractivity contribution >= 4 is 17.5 Å². The predicted molar refractivity (Wildman–Crippen MR) is 82.8 cm³/mol. The molecule has 0 aliphatic rings. The Balaban J connectivity index is 1.91. The van der Waals surface area contributed by atoms with Crippen LogP contribution >= 0.6 is 11.6 Å². The molecule has 0 saturated heterocycles. The molecule has 0 bridgehead atoms. The molecule has 2 aromatic carbocycles. The highest BCUT2D eigenvalue weighted by molar-refractivity contribution is 6.30. The lowest BCUT2D eigenvalue weighted by Crippen LogP contribution is -2.36. The molecule has 2 unspecified atom stereocenters. The van der Waals surface area contributed by atoms with Crippen molar-refractivity contribution in [1.82, 2.24) is 5.32 Å². The maximum atomic E-state index is 12.1. The second-order valence-electron chi connectivity index (χ2n) is 4.87. The molecular weight excluding hydrogens is 270 g/mol. The van der Waals surface area contributed by atoms with E-state index < -0.39 is 5.38 Å². The van der Waals surface area contributed by atoms with Gasteiger partial charge >= 0.3 is 0 Å². The van der Waals surface area contributed by atoms with Gasteiger partial charge in [-0.2, -0.15) is 0 Å².